The minimum Gasteiger partial charge on any atom is -0.490 e. The number of carboxylic acids is 1. The van der Waals surface area contributed by atoms with Crippen LogP contribution in [0, 0.1) is 5.92 Å². The van der Waals surface area contributed by atoms with Crippen molar-refractivity contribution in [1.82, 2.24) is 9.88 Å². The van der Waals surface area contributed by atoms with E-state index in [9.17, 15) is 9.90 Å². The van der Waals surface area contributed by atoms with Gasteiger partial charge in [0.05, 0.1) is 24.4 Å². The number of halogens is 1. The summed E-state index contributed by atoms with van der Waals surface area (Å²) in [6.45, 7) is 4.12. The average Bonchev–Trinajstić information content (AvgIpc) is 3.10. The number of hydrogen-bond donors (Lipinski definition) is 2. The quantitative estimate of drug-likeness (QED) is 0.378. The zero-order valence-electron chi connectivity index (χ0n) is 21.3. The van der Waals surface area contributed by atoms with Crippen LogP contribution < -0.4 is 14.8 Å². The van der Waals surface area contributed by atoms with E-state index in [1.54, 1.807) is 6.07 Å². The van der Waals surface area contributed by atoms with Crippen LogP contribution in [0.4, 0.5) is 0 Å². The topological polar surface area (TPSA) is 72.7 Å². The molecular weight excluding hydrogens is 488 g/mol. The highest BCUT2D eigenvalue weighted by Gasteiger charge is 2.30. The zero-order valence-corrected chi connectivity index (χ0v) is 22.2. The molecule has 3 aliphatic rings. The second-order valence-corrected chi connectivity index (χ2v) is 10.6. The summed E-state index contributed by atoms with van der Waals surface area (Å²) in [5, 5.41) is 14.3. The molecule has 37 heavy (non-hydrogen) atoms. The summed E-state index contributed by atoms with van der Waals surface area (Å²) < 4.78 is 15.0. The van der Waals surface area contributed by atoms with Gasteiger partial charge in [-0.15, -0.1) is 12.4 Å². The Kier molecular flexibility index (Phi) is 7.96. The predicted molar refractivity (Wildman–Crippen MR) is 149 cm³/mol. The molecule has 1 saturated carbocycles. The van der Waals surface area contributed by atoms with Gasteiger partial charge in [-0.25, -0.2) is 4.79 Å². The molecule has 0 atom stereocenters. The first-order valence-electron chi connectivity index (χ1n) is 13.7. The Balaban J connectivity index is 0.00000280. The Morgan fingerprint density at radius 1 is 1.08 bits per heavy atom. The molecule has 1 aromatic heterocycles. The van der Waals surface area contributed by atoms with Crippen LogP contribution in [-0.2, 0) is 6.54 Å². The Labute approximate surface area is 224 Å². The van der Waals surface area contributed by atoms with E-state index in [1.807, 2.05) is 18.2 Å². The zero-order chi connectivity index (χ0) is 24.5. The Morgan fingerprint density at radius 3 is 2.68 bits per heavy atom. The van der Waals surface area contributed by atoms with E-state index in [1.165, 1.54) is 61.6 Å². The number of carboxylic acid groups (broad SMARTS) is 1. The minimum atomic E-state index is -0.888. The highest BCUT2D eigenvalue weighted by molar-refractivity contribution is 5.99. The maximum Gasteiger partial charge on any atom is 0.335 e. The van der Waals surface area contributed by atoms with E-state index >= 15 is 0 Å². The van der Waals surface area contributed by atoms with E-state index in [-0.39, 0.29) is 12.4 Å². The van der Waals surface area contributed by atoms with Crippen LogP contribution in [0.5, 0.6) is 11.5 Å². The molecule has 2 aromatic carbocycles. The van der Waals surface area contributed by atoms with Crippen LogP contribution in [0.3, 0.4) is 0 Å². The van der Waals surface area contributed by atoms with Crippen molar-refractivity contribution in [2.45, 2.75) is 63.8 Å². The third-order valence-electron chi connectivity index (χ3n) is 8.40. The lowest BCUT2D eigenvalue weighted by Crippen LogP contribution is -2.28. The molecule has 0 bridgehead atoms. The largest absolute Gasteiger partial charge is 0.490 e. The smallest absolute Gasteiger partial charge is 0.335 e. The lowest BCUT2D eigenvalue weighted by molar-refractivity contribution is 0.0697. The first kappa shape index (κ1) is 25.9. The van der Waals surface area contributed by atoms with Crippen LogP contribution in [0.1, 0.15) is 73.2 Å². The third-order valence-corrected chi connectivity index (χ3v) is 8.40. The molecule has 3 aromatic rings. The van der Waals surface area contributed by atoms with E-state index in [0.29, 0.717) is 31.2 Å². The number of piperidine rings is 1. The minimum absolute atomic E-state index is 0. The lowest BCUT2D eigenvalue weighted by Gasteiger charge is -2.24. The van der Waals surface area contributed by atoms with Gasteiger partial charge in [0.2, 0.25) is 0 Å². The van der Waals surface area contributed by atoms with Gasteiger partial charge in [-0.05, 0) is 86.9 Å². The van der Waals surface area contributed by atoms with Crippen LogP contribution in [0.2, 0.25) is 0 Å². The summed E-state index contributed by atoms with van der Waals surface area (Å²) in [7, 11) is 0. The maximum absolute atomic E-state index is 11.8. The summed E-state index contributed by atoms with van der Waals surface area (Å²) in [4.78, 5) is 11.8. The molecule has 1 saturated heterocycles. The maximum atomic E-state index is 11.8. The van der Waals surface area contributed by atoms with E-state index in [0.717, 1.165) is 48.0 Å². The number of para-hydroxylation sites is 1. The van der Waals surface area contributed by atoms with Crippen molar-refractivity contribution < 1.29 is 19.4 Å². The fourth-order valence-electron chi connectivity index (χ4n) is 6.55. The van der Waals surface area contributed by atoms with Gasteiger partial charge in [-0.2, -0.15) is 0 Å². The number of carbonyl (C=O) groups is 1. The van der Waals surface area contributed by atoms with Crippen molar-refractivity contribution in [3.05, 3.63) is 47.5 Å². The highest BCUT2D eigenvalue weighted by atomic mass is 35.5. The molecular formula is C30H37ClN2O4. The van der Waals surface area contributed by atoms with Crippen LogP contribution in [-0.4, -0.2) is 41.9 Å². The van der Waals surface area contributed by atoms with Gasteiger partial charge in [0.25, 0.3) is 0 Å². The van der Waals surface area contributed by atoms with Gasteiger partial charge in [-0.3, -0.25) is 0 Å². The Hall–Kier alpha value is -2.70. The molecule has 0 unspecified atom stereocenters. The van der Waals surface area contributed by atoms with Gasteiger partial charge in [0, 0.05) is 16.5 Å². The van der Waals surface area contributed by atoms with Gasteiger partial charge in [0.1, 0.15) is 6.61 Å². The molecule has 7 heteroatoms. The number of nitrogens with one attached hydrogen (secondary N) is 1. The van der Waals surface area contributed by atoms with E-state index in [2.05, 4.69) is 22.0 Å². The molecule has 2 N–H and O–H groups in total. The summed E-state index contributed by atoms with van der Waals surface area (Å²) in [6, 6.07) is 11.9. The third kappa shape index (κ3) is 5.06. The van der Waals surface area contributed by atoms with E-state index < -0.39 is 5.97 Å². The highest BCUT2D eigenvalue weighted by Crippen LogP contribution is 2.49. The fourth-order valence-corrected chi connectivity index (χ4v) is 6.55. The number of ether oxygens (including phenoxy) is 2. The van der Waals surface area contributed by atoms with Crippen molar-refractivity contribution in [2.24, 2.45) is 5.92 Å². The molecule has 0 amide bonds. The average molecular weight is 525 g/mol. The first-order chi connectivity index (χ1) is 17.7. The van der Waals surface area contributed by atoms with Crippen molar-refractivity contribution in [1.29, 1.82) is 0 Å². The summed E-state index contributed by atoms with van der Waals surface area (Å²) >= 11 is 0. The van der Waals surface area contributed by atoms with Crippen molar-refractivity contribution in [3.8, 4) is 22.8 Å². The number of aromatic carboxylic acids is 1. The Morgan fingerprint density at radius 2 is 1.89 bits per heavy atom. The van der Waals surface area contributed by atoms with Crippen LogP contribution >= 0.6 is 12.4 Å². The molecule has 6 rings (SSSR count). The van der Waals surface area contributed by atoms with Gasteiger partial charge in [0.15, 0.2) is 11.5 Å². The standard InChI is InChI=1S/C30H36N2O4.ClH/c33-30(34)22-9-10-23-25(19-22)32-16-18-36-29-24(28(32)27(23)21-5-2-1-3-6-21)7-4-8-26(29)35-17-13-20-11-14-31-15-12-20;/h4,7-10,19-21,31H,1-3,5-6,11-18H2,(H,33,34);1H. The summed E-state index contributed by atoms with van der Waals surface area (Å²) in [5.74, 6) is 1.96. The van der Waals surface area contributed by atoms with Crippen molar-refractivity contribution >= 4 is 29.3 Å². The molecule has 2 fully saturated rings. The normalized spacial score (nSPS) is 18.3. The van der Waals surface area contributed by atoms with E-state index in [4.69, 9.17) is 9.47 Å². The lowest BCUT2D eigenvalue weighted by atomic mass is 9.81. The number of hydrogen-bond acceptors (Lipinski definition) is 4. The van der Waals surface area contributed by atoms with Crippen LogP contribution in [0.15, 0.2) is 36.4 Å². The number of benzene rings is 2. The summed E-state index contributed by atoms with van der Waals surface area (Å²) in [6.07, 6.45) is 9.64. The Bertz CT molecular complexity index is 1260. The molecule has 0 radical (unpaired) electrons. The second kappa shape index (κ2) is 11.4. The van der Waals surface area contributed by atoms with Gasteiger partial charge in [-0.1, -0.05) is 31.4 Å². The fraction of sp³-hybridized carbons (Fsp3) is 0.500. The number of aromatic nitrogens is 1. The van der Waals surface area contributed by atoms with Gasteiger partial charge >= 0.3 is 5.97 Å². The SMILES string of the molecule is Cl.O=C(O)c1ccc2c(C3CCCCC3)c3n(c2c1)CCOc1c(OCCC2CCNCC2)cccc1-3. The van der Waals surface area contributed by atoms with Crippen molar-refractivity contribution in [3.63, 3.8) is 0 Å². The van der Waals surface area contributed by atoms with Crippen LogP contribution in [0.25, 0.3) is 22.2 Å². The van der Waals surface area contributed by atoms with Crippen molar-refractivity contribution in [2.75, 3.05) is 26.3 Å². The molecule has 6 nitrogen and oxygen atoms in total. The number of fused-ring (bicyclic) bond motifs is 5. The molecule has 0 spiro atoms. The first-order valence-corrected chi connectivity index (χ1v) is 13.7. The number of rotatable bonds is 6. The molecule has 3 heterocycles. The second-order valence-electron chi connectivity index (χ2n) is 10.6. The summed E-state index contributed by atoms with van der Waals surface area (Å²) in [5.41, 5.74) is 4.95. The monoisotopic (exact) mass is 524 g/mol. The molecule has 1 aliphatic carbocycles. The predicted octanol–water partition coefficient (Wildman–Crippen LogP) is 6.64. The van der Waals surface area contributed by atoms with Gasteiger partial charge < -0.3 is 24.5 Å². The molecule has 198 valence electrons. The number of nitrogens with zero attached hydrogens (tertiary/aromatic N) is 1. The molecule has 2 aliphatic heterocycles.